The van der Waals surface area contributed by atoms with Crippen molar-refractivity contribution in [2.75, 3.05) is 33.8 Å². The molecule has 0 radical (unpaired) electrons. The van der Waals surface area contributed by atoms with Gasteiger partial charge in [-0.1, -0.05) is 6.07 Å². The van der Waals surface area contributed by atoms with Crippen LogP contribution >= 0.6 is 0 Å². The van der Waals surface area contributed by atoms with Crippen LogP contribution in [-0.2, 0) is 0 Å². The summed E-state index contributed by atoms with van der Waals surface area (Å²) in [6, 6.07) is 5.95. The third-order valence-electron chi connectivity index (χ3n) is 4.58. The van der Waals surface area contributed by atoms with Gasteiger partial charge in [-0.2, -0.15) is 0 Å². The Morgan fingerprint density at radius 1 is 1.30 bits per heavy atom. The number of phenols is 1. The van der Waals surface area contributed by atoms with Gasteiger partial charge in [0, 0.05) is 31.2 Å². The molecule has 1 unspecified atom stereocenters. The van der Waals surface area contributed by atoms with Crippen molar-refractivity contribution in [3.63, 3.8) is 0 Å². The number of likely N-dealkylation sites (N-methyl/N-ethyl adjacent to an activating group) is 1. The van der Waals surface area contributed by atoms with Crippen molar-refractivity contribution < 1.29 is 9.84 Å². The van der Waals surface area contributed by atoms with Crippen LogP contribution in [0.1, 0.15) is 32.4 Å². The highest BCUT2D eigenvalue weighted by Gasteiger charge is 2.33. The van der Waals surface area contributed by atoms with E-state index < -0.39 is 0 Å². The van der Waals surface area contributed by atoms with E-state index in [2.05, 4.69) is 37.6 Å². The SMILES string of the molecule is COc1cc(C(C)N2CCN(C)C(C)(C)C2)ccc1O. The summed E-state index contributed by atoms with van der Waals surface area (Å²) in [4.78, 5) is 4.90. The Kier molecular flexibility index (Phi) is 4.25. The second kappa shape index (κ2) is 5.62. The Morgan fingerprint density at radius 3 is 2.60 bits per heavy atom. The van der Waals surface area contributed by atoms with Crippen molar-refractivity contribution in [3.8, 4) is 11.5 Å². The Hall–Kier alpha value is -1.26. The number of rotatable bonds is 3. The first-order valence-electron chi connectivity index (χ1n) is 7.17. The zero-order chi connectivity index (χ0) is 14.9. The van der Waals surface area contributed by atoms with Crippen LogP contribution in [-0.4, -0.2) is 54.2 Å². The zero-order valence-corrected chi connectivity index (χ0v) is 13.2. The summed E-state index contributed by atoms with van der Waals surface area (Å²) in [6.07, 6.45) is 0. The Morgan fingerprint density at radius 2 is 2.00 bits per heavy atom. The minimum atomic E-state index is 0.188. The maximum absolute atomic E-state index is 9.70. The Labute approximate surface area is 122 Å². The average molecular weight is 278 g/mol. The average Bonchev–Trinajstić information content (AvgIpc) is 2.41. The molecule has 1 aromatic carbocycles. The summed E-state index contributed by atoms with van der Waals surface area (Å²) < 4.78 is 5.20. The van der Waals surface area contributed by atoms with E-state index in [1.54, 1.807) is 13.2 Å². The summed E-state index contributed by atoms with van der Waals surface area (Å²) in [5.41, 5.74) is 1.37. The molecule has 1 aliphatic heterocycles. The summed E-state index contributed by atoms with van der Waals surface area (Å²) in [7, 11) is 3.77. The Bertz CT molecular complexity index is 474. The fourth-order valence-electron chi connectivity index (χ4n) is 2.77. The molecule has 1 heterocycles. The molecule has 0 aromatic heterocycles. The van der Waals surface area contributed by atoms with Gasteiger partial charge in [0.1, 0.15) is 0 Å². The van der Waals surface area contributed by atoms with Gasteiger partial charge in [0.2, 0.25) is 0 Å². The lowest BCUT2D eigenvalue weighted by molar-refractivity contribution is 0.0201. The van der Waals surface area contributed by atoms with E-state index in [-0.39, 0.29) is 11.3 Å². The van der Waals surface area contributed by atoms with Gasteiger partial charge in [0.05, 0.1) is 7.11 Å². The van der Waals surface area contributed by atoms with Gasteiger partial charge in [-0.15, -0.1) is 0 Å². The highest BCUT2D eigenvalue weighted by Crippen LogP contribution is 2.32. The number of hydrogen-bond acceptors (Lipinski definition) is 4. The maximum atomic E-state index is 9.70. The minimum absolute atomic E-state index is 0.188. The van der Waals surface area contributed by atoms with Gasteiger partial charge in [-0.05, 0) is 45.5 Å². The van der Waals surface area contributed by atoms with Gasteiger partial charge in [0.15, 0.2) is 11.5 Å². The molecule has 1 saturated heterocycles. The number of piperazine rings is 1. The lowest BCUT2D eigenvalue weighted by Crippen LogP contribution is -2.57. The van der Waals surface area contributed by atoms with Crippen molar-refractivity contribution >= 4 is 0 Å². The largest absolute Gasteiger partial charge is 0.504 e. The lowest BCUT2D eigenvalue weighted by atomic mass is 9.96. The van der Waals surface area contributed by atoms with Gasteiger partial charge < -0.3 is 9.84 Å². The van der Waals surface area contributed by atoms with Gasteiger partial charge in [-0.25, -0.2) is 0 Å². The molecule has 4 heteroatoms. The number of hydrogen-bond donors (Lipinski definition) is 1. The molecule has 0 amide bonds. The van der Waals surface area contributed by atoms with Gasteiger partial charge in [0.25, 0.3) is 0 Å². The van der Waals surface area contributed by atoms with Crippen LogP contribution in [0.5, 0.6) is 11.5 Å². The topological polar surface area (TPSA) is 35.9 Å². The smallest absolute Gasteiger partial charge is 0.160 e. The zero-order valence-electron chi connectivity index (χ0n) is 13.2. The first-order valence-corrected chi connectivity index (χ1v) is 7.17. The standard InChI is InChI=1S/C16H26N2O2/c1-12(13-6-7-14(19)15(10-13)20-5)18-9-8-17(4)16(2,3)11-18/h6-7,10,12,19H,8-9,11H2,1-5H3. The molecule has 112 valence electrons. The molecule has 20 heavy (non-hydrogen) atoms. The summed E-state index contributed by atoms with van der Waals surface area (Å²) in [6.45, 7) is 9.95. The van der Waals surface area contributed by atoms with Crippen LogP contribution in [0.3, 0.4) is 0 Å². The molecule has 1 aliphatic rings. The van der Waals surface area contributed by atoms with Crippen molar-refractivity contribution in [1.29, 1.82) is 0 Å². The first kappa shape index (κ1) is 15.1. The molecule has 0 aliphatic carbocycles. The van der Waals surface area contributed by atoms with E-state index in [0.29, 0.717) is 11.8 Å². The third kappa shape index (κ3) is 2.91. The fraction of sp³-hybridized carbons (Fsp3) is 0.625. The van der Waals surface area contributed by atoms with Crippen molar-refractivity contribution in [2.24, 2.45) is 0 Å². The number of nitrogens with zero attached hydrogens (tertiary/aromatic N) is 2. The Balaban J connectivity index is 2.17. The van der Waals surface area contributed by atoms with Crippen LogP contribution in [0.2, 0.25) is 0 Å². The first-order chi connectivity index (χ1) is 9.35. The van der Waals surface area contributed by atoms with E-state index in [9.17, 15) is 5.11 Å². The molecule has 1 fully saturated rings. The van der Waals surface area contributed by atoms with Crippen LogP contribution < -0.4 is 4.74 Å². The van der Waals surface area contributed by atoms with Gasteiger partial charge >= 0.3 is 0 Å². The fourth-order valence-corrected chi connectivity index (χ4v) is 2.77. The monoisotopic (exact) mass is 278 g/mol. The molecule has 0 bridgehead atoms. The van der Waals surface area contributed by atoms with Crippen LogP contribution in [0, 0.1) is 0 Å². The molecular weight excluding hydrogens is 252 g/mol. The van der Waals surface area contributed by atoms with E-state index >= 15 is 0 Å². The number of phenolic OH excluding ortho intramolecular Hbond substituents is 1. The number of benzene rings is 1. The van der Waals surface area contributed by atoms with E-state index in [1.165, 1.54) is 5.56 Å². The second-order valence-electron chi connectivity index (χ2n) is 6.31. The van der Waals surface area contributed by atoms with Crippen LogP contribution in [0.25, 0.3) is 0 Å². The van der Waals surface area contributed by atoms with Crippen molar-refractivity contribution in [2.45, 2.75) is 32.4 Å². The summed E-state index contributed by atoms with van der Waals surface area (Å²) in [5, 5.41) is 9.70. The van der Waals surface area contributed by atoms with Crippen molar-refractivity contribution in [1.82, 2.24) is 9.80 Å². The lowest BCUT2D eigenvalue weighted by Gasteiger charge is -2.47. The van der Waals surface area contributed by atoms with E-state index in [1.807, 2.05) is 12.1 Å². The predicted octanol–water partition coefficient (Wildman–Crippen LogP) is 2.49. The third-order valence-corrected chi connectivity index (χ3v) is 4.58. The van der Waals surface area contributed by atoms with E-state index in [0.717, 1.165) is 19.6 Å². The predicted molar refractivity (Wildman–Crippen MR) is 81.4 cm³/mol. The highest BCUT2D eigenvalue weighted by molar-refractivity contribution is 5.42. The summed E-state index contributed by atoms with van der Waals surface area (Å²) in [5.74, 6) is 0.741. The maximum Gasteiger partial charge on any atom is 0.160 e. The van der Waals surface area contributed by atoms with Crippen molar-refractivity contribution in [3.05, 3.63) is 23.8 Å². The number of ether oxygens (including phenoxy) is 1. The molecule has 1 atom stereocenters. The second-order valence-corrected chi connectivity index (χ2v) is 6.31. The summed E-state index contributed by atoms with van der Waals surface area (Å²) >= 11 is 0. The van der Waals surface area contributed by atoms with Crippen LogP contribution in [0.15, 0.2) is 18.2 Å². The molecule has 0 spiro atoms. The van der Waals surface area contributed by atoms with Crippen LogP contribution in [0.4, 0.5) is 0 Å². The molecular formula is C16H26N2O2. The van der Waals surface area contributed by atoms with Gasteiger partial charge in [-0.3, -0.25) is 9.80 Å². The molecule has 0 saturated carbocycles. The molecule has 4 nitrogen and oxygen atoms in total. The minimum Gasteiger partial charge on any atom is -0.504 e. The molecule has 1 aromatic rings. The molecule has 2 rings (SSSR count). The number of methoxy groups -OCH3 is 1. The van der Waals surface area contributed by atoms with E-state index in [4.69, 9.17) is 4.74 Å². The molecule has 1 N–H and O–H groups in total. The quantitative estimate of drug-likeness (QED) is 0.921. The normalized spacial score (nSPS) is 21.6. The number of aromatic hydroxyl groups is 1. The highest BCUT2D eigenvalue weighted by atomic mass is 16.5.